The Hall–Kier alpha value is -0.0800. The summed E-state index contributed by atoms with van der Waals surface area (Å²) in [6.45, 7) is 5.36. The molecule has 1 saturated carbocycles. The van der Waals surface area contributed by atoms with Crippen molar-refractivity contribution in [3.63, 3.8) is 0 Å². The van der Waals surface area contributed by atoms with E-state index in [0.717, 1.165) is 11.5 Å². The fourth-order valence-corrected chi connectivity index (χ4v) is 3.47. The molecule has 1 spiro atoms. The second kappa shape index (κ2) is 3.49. The molecule has 14 heavy (non-hydrogen) atoms. The second-order valence-corrected chi connectivity index (χ2v) is 5.58. The van der Waals surface area contributed by atoms with Crippen molar-refractivity contribution in [3.8, 4) is 0 Å². The van der Waals surface area contributed by atoms with Gasteiger partial charge in [-0.05, 0) is 44.2 Å². The summed E-state index contributed by atoms with van der Waals surface area (Å²) in [5.41, 5.74) is 0.731. The average molecular weight is 194 g/mol. The third-order valence-electron chi connectivity index (χ3n) is 4.70. The third kappa shape index (κ3) is 1.49. The van der Waals surface area contributed by atoms with Crippen molar-refractivity contribution in [2.75, 3.05) is 26.2 Å². The van der Waals surface area contributed by atoms with E-state index in [0.29, 0.717) is 0 Å². The Morgan fingerprint density at radius 2 is 1.64 bits per heavy atom. The minimum absolute atomic E-state index is 0.731. The lowest BCUT2D eigenvalue weighted by Gasteiger charge is -2.49. The van der Waals surface area contributed by atoms with Gasteiger partial charge in [-0.1, -0.05) is 12.8 Å². The molecule has 0 unspecified atom stereocenters. The highest BCUT2D eigenvalue weighted by atomic mass is 15.2. The molecular weight excluding hydrogens is 172 g/mol. The quantitative estimate of drug-likeness (QED) is 0.682. The first-order valence-corrected chi connectivity index (χ1v) is 6.33. The molecule has 0 aromatic rings. The first-order chi connectivity index (χ1) is 6.88. The molecule has 0 aromatic carbocycles. The first-order valence-electron chi connectivity index (χ1n) is 6.33. The molecule has 1 N–H and O–H groups in total. The van der Waals surface area contributed by atoms with Gasteiger partial charge >= 0.3 is 0 Å². The van der Waals surface area contributed by atoms with Gasteiger partial charge in [0.25, 0.3) is 0 Å². The van der Waals surface area contributed by atoms with Crippen LogP contribution in [0.4, 0.5) is 0 Å². The van der Waals surface area contributed by atoms with Crippen LogP contribution in [-0.2, 0) is 0 Å². The van der Waals surface area contributed by atoms with Gasteiger partial charge in [-0.15, -0.1) is 0 Å². The molecule has 1 aliphatic carbocycles. The lowest BCUT2D eigenvalue weighted by atomic mass is 9.73. The number of rotatable bonds is 1. The Labute approximate surface area is 87.0 Å². The van der Waals surface area contributed by atoms with Crippen LogP contribution in [0.25, 0.3) is 0 Å². The number of likely N-dealkylation sites (tertiary alicyclic amines) is 1. The van der Waals surface area contributed by atoms with Crippen LogP contribution >= 0.6 is 0 Å². The SMILES string of the molecule is C1CCC(N2CCC3(CC2)CNC3)C1. The van der Waals surface area contributed by atoms with E-state index in [9.17, 15) is 0 Å². The van der Waals surface area contributed by atoms with Gasteiger partial charge in [-0.25, -0.2) is 0 Å². The molecule has 0 amide bonds. The molecule has 3 fully saturated rings. The van der Waals surface area contributed by atoms with Gasteiger partial charge in [0, 0.05) is 19.1 Å². The van der Waals surface area contributed by atoms with Crippen molar-refractivity contribution in [1.29, 1.82) is 0 Å². The number of nitrogens with zero attached hydrogens (tertiary/aromatic N) is 1. The summed E-state index contributed by atoms with van der Waals surface area (Å²) < 4.78 is 0. The summed E-state index contributed by atoms with van der Waals surface area (Å²) in [5, 5.41) is 3.44. The summed E-state index contributed by atoms with van der Waals surface area (Å²) in [5.74, 6) is 0. The molecule has 0 aromatic heterocycles. The first kappa shape index (κ1) is 9.17. The number of nitrogens with one attached hydrogen (secondary N) is 1. The van der Waals surface area contributed by atoms with Gasteiger partial charge < -0.3 is 10.2 Å². The van der Waals surface area contributed by atoms with Crippen LogP contribution in [0.15, 0.2) is 0 Å². The maximum absolute atomic E-state index is 3.44. The zero-order valence-electron chi connectivity index (χ0n) is 9.10. The summed E-state index contributed by atoms with van der Waals surface area (Å²) in [6.07, 6.45) is 8.82. The van der Waals surface area contributed by atoms with Crippen molar-refractivity contribution in [3.05, 3.63) is 0 Å². The Kier molecular flexibility index (Phi) is 2.29. The van der Waals surface area contributed by atoms with Gasteiger partial charge in [0.15, 0.2) is 0 Å². The largest absolute Gasteiger partial charge is 0.316 e. The lowest BCUT2D eigenvalue weighted by molar-refractivity contribution is 0.0360. The molecule has 80 valence electrons. The molecule has 3 rings (SSSR count). The Morgan fingerprint density at radius 3 is 2.14 bits per heavy atom. The van der Waals surface area contributed by atoms with E-state index in [1.807, 2.05) is 0 Å². The second-order valence-electron chi connectivity index (χ2n) is 5.58. The minimum Gasteiger partial charge on any atom is -0.316 e. The van der Waals surface area contributed by atoms with Crippen LogP contribution < -0.4 is 5.32 Å². The van der Waals surface area contributed by atoms with E-state index >= 15 is 0 Å². The Bertz CT molecular complexity index is 194. The lowest BCUT2D eigenvalue weighted by Crippen LogP contribution is -2.59. The highest BCUT2D eigenvalue weighted by Crippen LogP contribution is 2.37. The summed E-state index contributed by atoms with van der Waals surface area (Å²) in [4.78, 5) is 2.77. The van der Waals surface area contributed by atoms with Gasteiger partial charge in [-0.3, -0.25) is 0 Å². The van der Waals surface area contributed by atoms with Gasteiger partial charge in [0.05, 0.1) is 0 Å². The number of hydrogen-bond acceptors (Lipinski definition) is 2. The van der Waals surface area contributed by atoms with Crippen molar-refractivity contribution in [2.24, 2.45) is 5.41 Å². The Morgan fingerprint density at radius 1 is 1.00 bits per heavy atom. The monoisotopic (exact) mass is 194 g/mol. The predicted molar refractivity (Wildman–Crippen MR) is 58.4 cm³/mol. The fourth-order valence-electron chi connectivity index (χ4n) is 3.47. The fraction of sp³-hybridized carbons (Fsp3) is 1.00. The highest BCUT2D eigenvalue weighted by molar-refractivity contribution is 4.97. The molecule has 2 saturated heterocycles. The summed E-state index contributed by atoms with van der Waals surface area (Å²) >= 11 is 0. The third-order valence-corrected chi connectivity index (χ3v) is 4.70. The van der Waals surface area contributed by atoms with Crippen LogP contribution in [0.2, 0.25) is 0 Å². The van der Waals surface area contributed by atoms with E-state index in [-0.39, 0.29) is 0 Å². The van der Waals surface area contributed by atoms with Crippen molar-refractivity contribution >= 4 is 0 Å². The topological polar surface area (TPSA) is 15.3 Å². The van der Waals surface area contributed by atoms with Crippen molar-refractivity contribution < 1.29 is 0 Å². The van der Waals surface area contributed by atoms with Crippen LogP contribution in [0.1, 0.15) is 38.5 Å². The van der Waals surface area contributed by atoms with Crippen molar-refractivity contribution in [2.45, 2.75) is 44.6 Å². The smallest absolute Gasteiger partial charge is 0.00952 e. The van der Waals surface area contributed by atoms with E-state index < -0.39 is 0 Å². The standard InChI is InChI=1S/C12H22N2/c1-2-4-11(3-1)14-7-5-12(6-8-14)9-13-10-12/h11,13H,1-10H2. The van der Waals surface area contributed by atoms with Crippen LogP contribution in [0.3, 0.4) is 0 Å². The number of piperidine rings is 1. The maximum Gasteiger partial charge on any atom is 0.00952 e. The molecule has 2 nitrogen and oxygen atoms in total. The van der Waals surface area contributed by atoms with E-state index in [1.54, 1.807) is 0 Å². The zero-order valence-corrected chi connectivity index (χ0v) is 9.10. The highest BCUT2D eigenvalue weighted by Gasteiger charge is 2.40. The van der Waals surface area contributed by atoms with Crippen LogP contribution in [0, 0.1) is 5.41 Å². The van der Waals surface area contributed by atoms with Crippen LogP contribution in [0.5, 0.6) is 0 Å². The van der Waals surface area contributed by atoms with E-state index in [2.05, 4.69) is 10.2 Å². The summed E-state index contributed by atoms with van der Waals surface area (Å²) in [7, 11) is 0. The van der Waals surface area contributed by atoms with Gasteiger partial charge in [0.1, 0.15) is 0 Å². The predicted octanol–water partition coefficient (Wildman–Crippen LogP) is 1.61. The molecule has 3 aliphatic rings. The molecule has 2 heterocycles. The number of hydrogen-bond donors (Lipinski definition) is 1. The molecule has 0 radical (unpaired) electrons. The average Bonchev–Trinajstić information content (AvgIpc) is 2.68. The molecule has 2 aliphatic heterocycles. The molecule has 0 atom stereocenters. The summed E-state index contributed by atoms with van der Waals surface area (Å²) in [6, 6.07) is 0.959. The molecule has 2 heteroatoms. The van der Waals surface area contributed by atoms with E-state index in [4.69, 9.17) is 0 Å². The van der Waals surface area contributed by atoms with Gasteiger partial charge in [0.2, 0.25) is 0 Å². The van der Waals surface area contributed by atoms with Crippen molar-refractivity contribution in [1.82, 2.24) is 10.2 Å². The Balaban J connectivity index is 1.54. The zero-order chi connectivity index (χ0) is 9.43. The normalized spacial score (nSPS) is 33.4. The molecular formula is C12H22N2. The molecule has 0 bridgehead atoms. The van der Waals surface area contributed by atoms with E-state index in [1.165, 1.54) is 64.7 Å². The minimum atomic E-state index is 0.731. The maximum atomic E-state index is 3.44. The van der Waals surface area contributed by atoms with Crippen LogP contribution in [-0.4, -0.2) is 37.1 Å². The van der Waals surface area contributed by atoms with Gasteiger partial charge in [-0.2, -0.15) is 0 Å².